The van der Waals surface area contributed by atoms with Gasteiger partial charge in [0.2, 0.25) is 0 Å². The van der Waals surface area contributed by atoms with Crippen molar-refractivity contribution in [3.63, 3.8) is 0 Å². The normalized spacial score (nSPS) is 11.3. The fraction of sp³-hybridized carbons (Fsp3) is 0.375. The zero-order chi connectivity index (χ0) is 13.2. The number of halogens is 3. The molecular weight excluding hydrogens is 243 g/mol. The van der Waals surface area contributed by atoms with Crippen molar-refractivity contribution < 1.29 is 27.9 Å². The van der Waals surface area contributed by atoms with Crippen molar-refractivity contribution in [2.75, 3.05) is 0 Å². The van der Waals surface area contributed by atoms with Crippen LogP contribution < -0.4 is 5.32 Å². The summed E-state index contributed by atoms with van der Waals surface area (Å²) in [5.41, 5.74) is -0.273. The number of alkyl halides is 3. The van der Waals surface area contributed by atoms with E-state index in [9.17, 15) is 22.8 Å². The third-order valence-corrected chi connectivity index (χ3v) is 1.91. The quantitative estimate of drug-likeness (QED) is 0.809. The van der Waals surface area contributed by atoms with E-state index in [-0.39, 0.29) is 11.3 Å². The van der Waals surface area contributed by atoms with Gasteiger partial charge in [-0.05, 0) is 0 Å². The predicted octanol–water partition coefficient (Wildman–Crippen LogP) is 0.297. The Morgan fingerprint density at radius 2 is 2.12 bits per heavy atom. The molecule has 1 rings (SSSR count). The standard InChI is InChI=1S/C8H8F3N3O3/c1-14-5(6(15)16)4(3-13-14)2-12-7(17)8(9,10)11/h3H,2H2,1H3,(H,12,17)(H,15,16). The number of rotatable bonds is 3. The van der Waals surface area contributed by atoms with E-state index in [0.717, 1.165) is 10.9 Å². The van der Waals surface area contributed by atoms with Crippen LogP contribution in [-0.4, -0.2) is 32.9 Å². The van der Waals surface area contributed by atoms with E-state index in [1.165, 1.54) is 7.05 Å². The smallest absolute Gasteiger partial charge is 0.471 e. The second-order valence-corrected chi connectivity index (χ2v) is 3.13. The molecule has 0 aliphatic carbocycles. The maximum Gasteiger partial charge on any atom is 0.471 e. The lowest BCUT2D eigenvalue weighted by molar-refractivity contribution is -0.173. The maximum absolute atomic E-state index is 11.9. The number of nitrogens with one attached hydrogen (secondary N) is 1. The summed E-state index contributed by atoms with van der Waals surface area (Å²) in [6.45, 7) is -0.548. The number of carboxylic acid groups (broad SMARTS) is 1. The van der Waals surface area contributed by atoms with Gasteiger partial charge in [-0.25, -0.2) is 4.79 Å². The molecule has 1 heterocycles. The van der Waals surface area contributed by atoms with Crippen molar-refractivity contribution in [1.29, 1.82) is 0 Å². The molecule has 17 heavy (non-hydrogen) atoms. The summed E-state index contributed by atoms with van der Waals surface area (Å²) in [7, 11) is 1.33. The van der Waals surface area contributed by atoms with Crippen LogP contribution in [0.15, 0.2) is 6.20 Å². The minimum absolute atomic E-state index is 0.00222. The Kier molecular flexibility index (Phi) is 3.39. The Morgan fingerprint density at radius 1 is 1.53 bits per heavy atom. The van der Waals surface area contributed by atoms with Crippen molar-refractivity contribution >= 4 is 11.9 Å². The van der Waals surface area contributed by atoms with Gasteiger partial charge >= 0.3 is 18.1 Å². The van der Waals surface area contributed by atoms with Crippen LogP contribution in [0.2, 0.25) is 0 Å². The molecular formula is C8H8F3N3O3. The first-order valence-electron chi connectivity index (χ1n) is 4.32. The molecule has 0 atom stereocenters. The van der Waals surface area contributed by atoms with Crippen LogP contribution in [0.5, 0.6) is 0 Å². The topological polar surface area (TPSA) is 84.2 Å². The van der Waals surface area contributed by atoms with E-state index in [1.54, 1.807) is 5.32 Å². The summed E-state index contributed by atoms with van der Waals surface area (Å²) >= 11 is 0. The average Bonchev–Trinajstić information content (AvgIpc) is 2.54. The van der Waals surface area contributed by atoms with Gasteiger partial charge in [0, 0.05) is 19.2 Å². The van der Waals surface area contributed by atoms with Gasteiger partial charge in [0.1, 0.15) is 0 Å². The molecule has 0 bridgehead atoms. The van der Waals surface area contributed by atoms with Crippen LogP contribution in [0, 0.1) is 0 Å². The molecule has 2 N–H and O–H groups in total. The van der Waals surface area contributed by atoms with Gasteiger partial charge < -0.3 is 10.4 Å². The van der Waals surface area contributed by atoms with E-state index < -0.39 is 24.6 Å². The van der Waals surface area contributed by atoms with Crippen LogP contribution in [0.25, 0.3) is 0 Å². The lowest BCUT2D eigenvalue weighted by Crippen LogP contribution is -2.36. The number of carbonyl (C=O) groups excluding carboxylic acids is 1. The van der Waals surface area contributed by atoms with Gasteiger partial charge in [0.25, 0.3) is 0 Å². The van der Waals surface area contributed by atoms with Crippen molar-refractivity contribution in [2.45, 2.75) is 12.7 Å². The number of amides is 1. The summed E-state index contributed by atoms with van der Waals surface area (Å²) in [4.78, 5) is 21.3. The second-order valence-electron chi connectivity index (χ2n) is 3.13. The molecule has 9 heteroatoms. The number of carboxylic acids is 1. The number of aromatic carboxylic acids is 1. The number of nitrogens with zero attached hydrogens (tertiary/aromatic N) is 2. The molecule has 0 aromatic carbocycles. The van der Waals surface area contributed by atoms with Gasteiger partial charge in [-0.3, -0.25) is 9.48 Å². The molecule has 1 aromatic heterocycles. The molecule has 1 amide bonds. The van der Waals surface area contributed by atoms with E-state index in [2.05, 4.69) is 5.10 Å². The highest BCUT2D eigenvalue weighted by atomic mass is 19.4. The van der Waals surface area contributed by atoms with Crippen LogP contribution >= 0.6 is 0 Å². The van der Waals surface area contributed by atoms with E-state index >= 15 is 0 Å². The zero-order valence-corrected chi connectivity index (χ0v) is 8.58. The van der Waals surface area contributed by atoms with Crippen LogP contribution in [0.4, 0.5) is 13.2 Å². The first kappa shape index (κ1) is 13.0. The fourth-order valence-electron chi connectivity index (χ4n) is 1.16. The molecule has 94 valence electrons. The highest BCUT2D eigenvalue weighted by Gasteiger charge is 2.38. The van der Waals surface area contributed by atoms with Crippen LogP contribution in [-0.2, 0) is 18.4 Å². The number of hydrogen-bond acceptors (Lipinski definition) is 3. The number of hydrogen-bond donors (Lipinski definition) is 2. The Labute approximate surface area is 93.0 Å². The lowest BCUT2D eigenvalue weighted by atomic mass is 10.2. The second kappa shape index (κ2) is 4.44. The van der Waals surface area contributed by atoms with E-state index in [4.69, 9.17) is 5.11 Å². The zero-order valence-electron chi connectivity index (χ0n) is 8.58. The van der Waals surface area contributed by atoms with Crippen molar-refractivity contribution in [3.05, 3.63) is 17.5 Å². The van der Waals surface area contributed by atoms with Crippen LogP contribution in [0.3, 0.4) is 0 Å². The molecule has 6 nitrogen and oxygen atoms in total. The van der Waals surface area contributed by atoms with E-state index in [1.807, 2.05) is 0 Å². The fourth-order valence-corrected chi connectivity index (χ4v) is 1.16. The summed E-state index contributed by atoms with van der Waals surface area (Å²) in [6.07, 6.45) is -3.91. The van der Waals surface area contributed by atoms with Crippen LogP contribution in [0.1, 0.15) is 16.1 Å². The largest absolute Gasteiger partial charge is 0.477 e. The first-order chi connectivity index (χ1) is 7.73. The summed E-state index contributed by atoms with van der Waals surface area (Å²) in [5, 5.41) is 13.9. The highest BCUT2D eigenvalue weighted by Crippen LogP contribution is 2.15. The maximum atomic E-state index is 11.9. The van der Waals surface area contributed by atoms with Gasteiger partial charge in [-0.2, -0.15) is 18.3 Å². The summed E-state index contributed by atoms with van der Waals surface area (Å²) in [6, 6.07) is 0. The minimum atomic E-state index is -4.99. The van der Waals surface area contributed by atoms with Crippen molar-refractivity contribution in [3.8, 4) is 0 Å². The van der Waals surface area contributed by atoms with Crippen molar-refractivity contribution in [2.24, 2.45) is 7.05 Å². The third kappa shape index (κ3) is 2.95. The van der Waals surface area contributed by atoms with Gasteiger partial charge in [-0.15, -0.1) is 0 Å². The predicted molar refractivity (Wildman–Crippen MR) is 48.1 cm³/mol. The molecule has 0 spiro atoms. The molecule has 0 radical (unpaired) electrons. The Hall–Kier alpha value is -2.06. The number of aromatic nitrogens is 2. The summed E-state index contributed by atoms with van der Waals surface area (Å²) in [5.74, 6) is -3.46. The molecule has 1 aromatic rings. The minimum Gasteiger partial charge on any atom is -0.477 e. The highest BCUT2D eigenvalue weighted by molar-refractivity contribution is 5.87. The summed E-state index contributed by atoms with van der Waals surface area (Å²) < 4.78 is 36.6. The monoisotopic (exact) mass is 251 g/mol. The third-order valence-electron chi connectivity index (χ3n) is 1.91. The molecule has 0 fully saturated rings. The lowest BCUT2D eigenvalue weighted by Gasteiger charge is -2.07. The Morgan fingerprint density at radius 3 is 2.59 bits per heavy atom. The van der Waals surface area contributed by atoms with Gasteiger partial charge in [0.15, 0.2) is 5.69 Å². The molecule has 0 saturated heterocycles. The van der Waals surface area contributed by atoms with Gasteiger partial charge in [0.05, 0.1) is 6.20 Å². The van der Waals surface area contributed by atoms with Crippen molar-refractivity contribution in [1.82, 2.24) is 15.1 Å². The molecule has 0 unspecified atom stereocenters. The van der Waals surface area contributed by atoms with Gasteiger partial charge in [-0.1, -0.05) is 0 Å². The average molecular weight is 251 g/mol. The van der Waals surface area contributed by atoms with E-state index in [0.29, 0.717) is 0 Å². The molecule has 0 saturated carbocycles. The first-order valence-corrected chi connectivity index (χ1v) is 4.32. The Bertz CT molecular complexity index is 453. The number of carbonyl (C=O) groups is 2. The number of aryl methyl sites for hydroxylation is 1. The molecule has 0 aliphatic rings. The Balaban J connectivity index is 2.77. The molecule has 0 aliphatic heterocycles. The SMILES string of the molecule is Cn1ncc(CNC(=O)C(F)(F)F)c1C(=O)O.